The Kier molecular flexibility index (Phi) is 4.67. The van der Waals surface area contributed by atoms with Gasteiger partial charge in [0.15, 0.2) is 0 Å². The van der Waals surface area contributed by atoms with Gasteiger partial charge in [-0.25, -0.2) is 4.79 Å². The summed E-state index contributed by atoms with van der Waals surface area (Å²) < 4.78 is 1.75. The van der Waals surface area contributed by atoms with Crippen LogP contribution in [0.2, 0.25) is 0 Å². The van der Waals surface area contributed by atoms with Gasteiger partial charge in [-0.15, -0.1) is 0 Å². The number of aromatic nitrogens is 1. The van der Waals surface area contributed by atoms with Crippen molar-refractivity contribution in [3.05, 3.63) is 71.4 Å². The largest absolute Gasteiger partial charge is 0.478 e. The van der Waals surface area contributed by atoms with E-state index in [0.29, 0.717) is 17.0 Å². The van der Waals surface area contributed by atoms with Crippen molar-refractivity contribution in [2.75, 3.05) is 5.01 Å². The normalized spacial score (nSPS) is 15.1. The molecule has 0 saturated heterocycles. The third-order valence-corrected chi connectivity index (χ3v) is 4.87. The van der Waals surface area contributed by atoms with Crippen molar-refractivity contribution in [2.24, 2.45) is 10.8 Å². The lowest BCUT2D eigenvalue weighted by Crippen LogP contribution is -2.21. The van der Waals surface area contributed by atoms with Crippen LogP contribution >= 0.6 is 0 Å². The maximum Gasteiger partial charge on any atom is 0.335 e. The van der Waals surface area contributed by atoms with E-state index in [9.17, 15) is 14.4 Å². The summed E-state index contributed by atoms with van der Waals surface area (Å²) in [6.45, 7) is 1.77. The van der Waals surface area contributed by atoms with Crippen LogP contribution in [-0.2, 0) is 16.1 Å². The topological polar surface area (TPSA) is 118 Å². The molecule has 2 heterocycles. The SMILES string of the molecule is CC1=NN(c2ccc(C(=O)O)cc2)C(=O)/C1=C\c1cn(CC(N)=O)c2ccccc12. The van der Waals surface area contributed by atoms with E-state index in [2.05, 4.69) is 5.10 Å². The first-order valence-corrected chi connectivity index (χ1v) is 9.16. The molecule has 8 nitrogen and oxygen atoms in total. The highest BCUT2D eigenvalue weighted by atomic mass is 16.4. The van der Waals surface area contributed by atoms with Crippen molar-refractivity contribution < 1.29 is 19.5 Å². The van der Waals surface area contributed by atoms with Crippen LogP contribution in [0.25, 0.3) is 17.0 Å². The summed E-state index contributed by atoms with van der Waals surface area (Å²) in [5, 5.41) is 15.5. The lowest BCUT2D eigenvalue weighted by atomic mass is 10.1. The number of carbonyl (C=O) groups excluding carboxylic acids is 2. The number of para-hydroxylation sites is 1. The van der Waals surface area contributed by atoms with Crippen molar-refractivity contribution >= 4 is 46.2 Å². The Hall–Kier alpha value is -4.20. The molecule has 4 rings (SSSR count). The second-order valence-corrected chi connectivity index (χ2v) is 6.91. The van der Waals surface area contributed by atoms with Gasteiger partial charge >= 0.3 is 5.97 Å². The number of primary amides is 1. The molecule has 0 unspecified atom stereocenters. The van der Waals surface area contributed by atoms with Gasteiger partial charge in [0.25, 0.3) is 5.91 Å². The molecular formula is C22H18N4O4. The maximum absolute atomic E-state index is 13.0. The predicted octanol–water partition coefficient (Wildman–Crippen LogP) is 2.63. The standard InChI is InChI=1S/C22H18N4O4/c1-13-18(21(28)26(24-13)16-8-6-14(7-9-16)22(29)30)10-15-11-25(12-20(23)27)19-5-3-2-4-17(15)19/h2-11H,12H2,1H3,(H2,23,27)(H,29,30)/b18-10-. The highest BCUT2D eigenvalue weighted by Gasteiger charge is 2.29. The number of fused-ring (bicyclic) bond motifs is 1. The molecule has 30 heavy (non-hydrogen) atoms. The summed E-state index contributed by atoms with van der Waals surface area (Å²) in [6, 6.07) is 13.5. The Morgan fingerprint density at radius 1 is 1.13 bits per heavy atom. The summed E-state index contributed by atoms with van der Waals surface area (Å²) in [6.07, 6.45) is 3.53. The summed E-state index contributed by atoms with van der Waals surface area (Å²) in [4.78, 5) is 35.4. The molecule has 1 aromatic heterocycles. The van der Waals surface area contributed by atoms with E-state index in [0.717, 1.165) is 16.5 Å². The molecule has 0 aliphatic carbocycles. The first kappa shape index (κ1) is 19.1. The summed E-state index contributed by atoms with van der Waals surface area (Å²) >= 11 is 0. The van der Waals surface area contributed by atoms with Gasteiger partial charge in [-0.3, -0.25) is 9.59 Å². The van der Waals surface area contributed by atoms with Gasteiger partial charge in [-0.05, 0) is 43.3 Å². The molecule has 2 aromatic carbocycles. The van der Waals surface area contributed by atoms with E-state index in [-0.39, 0.29) is 18.0 Å². The van der Waals surface area contributed by atoms with Crippen molar-refractivity contribution in [1.82, 2.24) is 4.57 Å². The fourth-order valence-electron chi connectivity index (χ4n) is 3.45. The molecule has 1 aliphatic heterocycles. The lowest BCUT2D eigenvalue weighted by Gasteiger charge is -2.11. The van der Waals surface area contributed by atoms with E-state index >= 15 is 0 Å². The Balaban J connectivity index is 1.72. The zero-order valence-electron chi connectivity index (χ0n) is 16.1. The summed E-state index contributed by atoms with van der Waals surface area (Å²) in [5.74, 6) is -1.81. The number of carbonyl (C=O) groups is 3. The zero-order valence-corrected chi connectivity index (χ0v) is 16.1. The summed E-state index contributed by atoms with van der Waals surface area (Å²) in [5.41, 5.74) is 8.52. The van der Waals surface area contributed by atoms with Gasteiger partial charge in [0, 0.05) is 22.7 Å². The molecule has 1 aliphatic rings. The molecule has 3 N–H and O–H groups in total. The van der Waals surface area contributed by atoms with Crippen LogP contribution in [0, 0.1) is 0 Å². The Bertz CT molecular complexity index is 1250. The average molecular weight is 402 g/mol. The molecule has 0 fully saturated rings. The minimum absolute atomic E-state index is 0.0345. The number of aromatic carboxylic acids is 1. The molecule has 0 bridgehead atoms. The minimum atomic E-state index is -1.04. The number of carboxylic acid groups (broad SMARTS) is 1. The molecule has 0 saturated carbocycles. The molecule has 0 radical (unpaired) electrons. The third kappa shape index (κ3) is 3.35. The zero-order chi connectivity index (χ0) is 21.4. The second-order valence-electron chi connectivity index (χ2n) is 6.91. The number of hydrazone groups is 1. The monoisotopic (exact) mass is 402 g/mol. The van der Waals surface area contributed by atoms with Gasteiger partial charge in [0.1, 0.15) is 6.54 Å². The highest BCUT2D eigenvalue weighted by Crippen LogP contribution is 2.28. The van der Waals surface area contributed by atoms with Crippen molar-refractivity contribution in [2.45, 2.75) is 13.5 Å². The van der Waals surface area contributed by atoms with Crippen molar-refractivity contribution in [3.8, 4) is 0 Å². The number of nitrogens with zero attached hydrogens (tertiary/aromatic N) is 3. The second kappa shape index (κ2) is 7.32. The number of hydrogen-bond acceptors (Lipinski definition) is 4. The molecule has 2 amide bonds. The van der Waals surface area contributed by atoms with Gasteiger partial charge in [0.05, 0.1) is 22.5 Å². The summed E-state index contributed by atoms with van der Waals surface area (Å²) in [7, 11) is 0. The molecule has 150 valence electrons. The number of hydrogen-bond donors (Lipinski definition) is 2. The maximum atomic E-state index is 13.0. The van der Waals surface area contributed by atoms with Crippen LogP contribution in [-0.4, -0.2) is 33.2 Å². The third-order valence-electron chi connectivity index (χ3n) is 4.87. The number of amides is 2. The average Bonchev–Trinajstić information content (AvgIpc) is 3.20. The Morgan fingerprint density at radius 3 is 2.50 bits per heavy atom. The van der Waals surface area contributed by atoms with Crippen LogP contribution in [0.4, 0.5) is 5.69 Å². The highest BCUT2D eigenvalue weighted by molar-refractivity contribution is 6.32. The predicted molar refractivity (Wildman–Crippen MR) is 113 cm³/mol. The van der Waals surface area contributed by atoms with Crippen LogP contribution in [0.5, 0.6) is 0 Å². The van der Waals surface area contributed by atoms with Crippen LogP contribution in [0.1, 0.15) is 22.8 Å². The van der Waals surface area contributed by atoms with Crippen LogP contribution in [0.15, 0.2) is 65.4 Å². The number of nitrogens with two attached hydrogens (primary N) is 1. The van der Waals surface area contributed by atoms with Gasteiger partial charge in [-0.2, -0.15) is 10.1 Å². The fourth-order valence-corrected chi connectivity index (χ4v) is 3.45. The fraction of sp³-hybridized carbons (Fsp3) is 0.0909. The van der Waals surface area contributed by atoms with E-state index < -0.39 is 11.9 Å². The van der Waals surface area contributed by atoms with Gasteiger partial charge in [0.2, 0.25) is 5.91 Å². The molecule has 0 atom stereocenters. The van der Waals surface area contributed by atoms with E-state index in [1.807, 2.05) is 24.3 Å². The number of carboxylic acids is 1. The van der Waals surface area contributed by atoms with Gasteiger partial charge in [-0.1, -0.05) is 18.2 Å². The number of rotatable bonds is 5. The molecule has 3 aromatic rings. The number of anilines is 1. The van der Waals surface area contributed by atoms with Crippen molar-refractivity contribution in [3.63, 3.8) is 0 Å². The lowest BCUT2D eigenvalue weighted by molar-refractivity contribution is -0.118. The number of benzene rings is 2. The minimum Gasteiger partial charge on any atom is -0.478 e. The Labute approximate surface area is 171 Å². The Morgan fingerprint density at radius 2 is 1.83 bits per heavy atom. The van der Waals surface area contributed by atoms with Gasteiger partial charge < -0.3 is 15.4 Å². The molecular weight excluding hydrogens is 384 g/mol. The first-order chi connectivity index (χ1) is 14.3. The smallest absolute Gasteiger partial charge is 0.335 e. The van der Waals surface area contributed by atoms with Crippen molar-refractivity contribution in [1.29, 1.82) is 0 Å². The van der Waals surface area contributed by atoms with E-state index in [1.165, 1.54) is 17.1 Å². The van der Waals surface area contributed by atoms with Crippen LogP contribution < -0.4 is 10.7 Å². The molecule has 0 spiro atoms. The molecule has 8 heteroatoms. The quantitative estimate of drug-likeness (QED) is 0.638. The first-order valence-electron chi connectivity index (χ1n) is 9.16. The van der Waals surface area contributed by atoms with Crippen LogP contribution in [0.3, 0.4) is 0 Å². The van der Waals surface area contributed by atoms with E-state index in [1.54, 1.807) is 35.9 Å². The van der Waals surface area contributed by atoms with E-state index in [4.69, 9.17) is 10.8 Å².